The molecule has 0 aromatic heterocycles. The molecule has 11 nitrogen and oxygen atoms in total. The molecule has 1 aromatic carbocycles. The number of rotatable bonds is 8. The minimum absolute atomic E-state index is 0.0626. The Labute approximate surface area is 204 Å². The molecule has 2 aliphatic heterocycles. The second-order valence-electron chi connectivity index (χ2n) is 9.05. The number of phenolic OH excluding ortho intramolecular Hbond substituents is 1. The Hall–Kier alpha value is -3.47. The molecule has 5 amide bonds. The largest absolute Gasteiger partial charge is 0.508 e. The van der Waals surface area contributed by atoms with E-state index in [1.165, 1.54) is 24.0 Å². The van der Waals surface area contributed by atoms with Gasteiger partial charge < -0.3 is 26.0 Å². The molecule has 1 aromatic rings. The van der Waals surface area contributed by atoms with Crippen LogP contribution in [0.2, 0.25) is 0 Å². The summed E-state index contributed by atoms with van der Waals surface area (Å²) in [6.45, 7) is 3.92. The van der Waals surface area contributed by atoms with Gasteiger partial charge in [-0.05, 0) is 56.8 Å². The molecule has 0 bridgehead atoms. The first kappa shape index (κ1) is 26.1. The van der Waals surface area contributed by atoms with Gasteiger partial charge >= 0.3 is 0 Å². The highest BCUT2D eigenvalue weighted by molar-refractivity contribution is 5.99. The van der Waals surface area contributed by atoms with Crippen LogP contribution < -0.4 is 21.3 Å². The Balaban J connectivity index is 1.66. The SMILES string of the molecule is CC(=O)NC(=O)[C@H](Cc1ccc(O)cc1)NC(=O)[C@@H]1CCCN1C(=O)[C@H](C)NC(=O)[C@@H]1CCCN1. The highest BCUT2D eigenvalue weighted by Gasteiger charge is 2.38. The molecular weight excluding hydrogens is 454 g/mol. The summed E-state index contributed by atoms with van der Waals surface area (Å²) in [6.07, 6.45) is 2.73. The zero-order valence-corrected chi connectivity index (χ0v) is 20.0. The van der Waals surface area contributed by atoms with Gasteiger partial charge in [0.05, 0.1) is 6.04 Å². The van der Waals surface area contributed by atoms with E-state index in [2.05, 4.69) is 21.3 Å². The van der Waals surface area contributed by atoms with E-state index in [9.17, 15) is 29.1 Å². The molecule has 2 heterocycles. The molecule has 35 heavy (non-hydrogen) atoms. The van der Waals surface area contributed by atoms with Crippen LogP contribution in [0, 0.1) is 0 Å². The van der Waals surface area contributed by atoms with Crippen molar-refractivity contribution in [1.82, 2.24) is 26.2 Å². The lowest BCUT2D eigenvalue weighted by Gasteiger charge is -2.29. The molecule has 0 spiro atoms. The molecule has 0 aliphatic carbocycles. The minimum atomic E-state index is -1.06. The van der Waals surface area contributed by atoms with E-state index in [0.717, 1.165) is 13.0 Å². The van der Waals surface area contributed by atoms with Crippen molar-refractivity contribution >= 4 is 29.5 Å². The lowest BCUT2D eigenvalue weighted by Crippen LogP contribution is -2.57. The maximum Gasteiger partial charge on any atom is 0.249 e. The van der Waals surface area contributed by atoms with Gasteiger partial charge in [0, 0.05) is 19.9 Å². The highest BCUT2D eigenvalue weighted by atomic mass is 16.3. The van der Waals surface area contributed by atoms with Gasteiger partial charge in [-0.2, -0.15) is 0 Å². The maximum absolute atomic E-state index is 13.2. The van der Waals surface area contributed by atoms with Crippen LogP contribution in [0.4, 0.5) is 0 Å². The normalized spacial score (nSPS) is 21.1. The second kappa shape index (κ2) is 11.8. The zero-order chi connectivity index (χ0) is 25.5. The van der Waals surface area contributed by atoms with E-state index in [0.29, 0.717) is 31.4 Å². The summed E-state index contributed by atoms with van der Waals surface area (Å²) < 4.78 is 0. The van der Waals surface area contributed by atoms with Gasteiger partial charge in [-0.15, -0.1) is 0 Å². The van der Waals surface area contributed by atoms with Crippen molar-refractivity contribution in [3.8, 4) is 5.75 Å². The van der Waals surface area contributed by atoms with Crippen LogP contribution in [-0.4, -0.2) is 76.8 Å². The molecule has 0 radical (unpaired) electrons. The number of benzene rings is 1. The number of imide groups is 1. The Morgan fingerprint density at radius 3 is 2.40 bits per heavy atom. The van der Waals surface area contributed by atoms with Gasteiger partial charge in [0.15, 0.2) is 0 Å². The first-order valence-corrected chi connectivity index (χ1v) is 11.9. The van der Waals surface area contributed by atoms with Crippen molar-refractivity contribution in [3.05, 3.63) is 29.8 Å². The smallest absolute Gasteiger partial charge is 0.249 e. The summed E-state index contributed by atoms with van der Waals surface area (Å²) >= 11 is 0. The fourth-order valence-corrected chi connectivity index (χ4v) is 4.44. The Morgan fingerprint density at radius 2 is 1.77 bits per heavy atom. The average Bonchev–Trinajstić information content (AvgIpc) is 3.51. The van der Waals surface area contributed by atoms with E-state index in [4.69, 9.17) is 0 Å². The van der Waals surface area contributed by atoms with Crippen molar-refractivity contribution in [2.75, 3.05) is 13.1 Å². The molecule has 11 heteroatoms. The second-order valence-corrected chi connectivity index (χ2v) is 9.05. The number of phenols is 1. The van der Waals surface area contributed by atoms with Crippen LogP contribution in [0.15, 0.2) is 24.3 Å². The molecule has 4 atom stereocenters. The molecule has 190 valence electrons. The number of carbonyl (C=O) groups is 5. The number of nitrogens with zero attached hydrogens (tertiary/aromatic N) is 1. The van der Waals surface area contributed by atoms with Crippen LogP contribution in [0.1, 0.15) is 45.1 Å². The summed E-state index contributed by atoms with van der Waals surface area (Å²) in [4.78, 5) is 64.1. The van der Waals surface area contributed by atoms with E-state index in [-0.39, 0.29) is 30.0 Å². The predicted octanol–water partition coefficient (Wildman–Crippen LogP) is -0.670. The number of likely N-dealkylation sites (tertiary alicyclic amines) is 1. The molecule has 3 rings (SSSR count). The quantitative estimate of drug-likeness (QED) is 0.325. The molecule has 2 saturated heterocycles. The summed E-state index contributed by atoms with van der Waals surface area (Å²) in [7, 11) is 0. The minimum Gasteiger partial charge on any atom is -0.508 e. The Kier molecular flexibility index (Phi) is 8.80. The third kappa shape index (κ3) is 7.01. The monoisotopic (exact) mass is 487 g/mol. The molecule has 2 fully saturated rings. The van der Waals surface area contributed by atoms with Crippen LogP contribution >= 0.6 is 0 Å². The number of hydrogen-bond donors (Lipinski definition) is 5. The summed E-state index contributed by atoms with van der Waals surface area (Å²) in [6, 6.07) is 3.19. The van der Waals surface area contributed by atoms with E-state index < -0.39 is 35.8 Å². The number of carbonyl (C=O) groups excluding carboxylic acids is 5. The van der Waals surface area contributed by atoms with Crippen molar-refractivity contribution in [2.45, 2.75) is 70.1 Å². The van der Waals surface area contributed by atoms with Crippen LogP contribution in [0.5, 0.6) is 5.75 Å². The lowest BCUT2D eigenvalue weighted by atomic mass is 10.0. The fourth-order valence-electron chi connectivity index (χ4n) is 4.44. The molecule has 5 N–H and O–H groups in total. The first-order chi connectivity index (χ1) is 16.7. The standard InChI is InChI=1S/C24H33N5O6/c1-14(26-21(32)18-5-3-11-25-18)24(35)29-12-4-6-20(29)23(34)28-19(22(33)27-15(2)30)13-16-7-9-17(31)10-8-16/h7-10,14,18-20,25,31H,3-6,11-13H2,1-2H3,(H,26,32)(H,28,34)(H,27,30,33)/t14-,18-,19-,20-/m0/s1. The van der Waals surface area contributed by atoms with Crippen molar-refractivity contribution in [2.24, 2.45) is 0 Å². The maximum atomic E-state index is 13.2. The number of nitrogens with one attached hydrogen (secondary N) is 4. The van der Waals surface area contributed by atoms with Gasteiger partial charge in [-0.3, -0.25) is 29.3 Å². The summed E-state index contributed by atoms with van der Waals surface area (Å²) in [5.74, 6) is -2.27. The number of aromatic hydroxyl groups is 1. The Bertz CT molecular complexity index is 960. The van der Waals surface area contributed by atoms with Gasteiger partial charge in [0.1, 0.15) is 23.9 Å². The highest BCUT2D eigenvalue weighted by Crippen LogP contribution is 2.20. The number of amides is 5. The topological polar surface area (TPSA) is 157 Å². The van der Waals surface area contributed by atoms with Gasteiger partial charge in [-0.1, -0.05) is 12.1 Å². The van der Waals surface area contributed by atoms with Gasteiger partial charge in [0.25, 0.3) is 0 Å². The molecule has 2 aliphatic rings. The van der Waals surface area contributed by atoms with E-state index >= 15 is 0 Å². The van der Waals surface area contributed by atoms with Crippen LogP contribution in [0.3, 0.4) is 0 Å². The molecule has 0 saturated carbocycles. The van der Waals surface area contributed by atoms with Crippen molar-refractivity contribution in [3.63, 3.8) is 0 Å². The van der Waals surface area contributed by atoms with Crippen LogP contribution in [-0.2, 0) is 30.4 Å². The van der Waals surface area contributed by atoms with Crippen molar-refractivity contribution in [1.29, 1.82) is 0 Å². The third-order valence-corrected chi connectivity index (χ3v) is 6.25. The summed E-state index contributed by atoms with van der Waals surface area (Å²) in [5.41, 5.74) is 0.669. The third-order valence-electron chi connectivity index (χ3n) is 6.25. The molecular formula is C24H33N5O6. The zero-order valence-electron chi connectivity index (χ0n) is 20.0. The fraction of sp³-hybridized carbons (Fsp3) is 0.542. The Morgan fingerprint density at radius 1 is 1.06 bits per heavy atom. The summed E-state index contributed by atoms with van der Waals surface area (Å²) in [5, 5.41) is 20.2. The number of hydrogen-bond acceptors (Lipinski definition) is 7. The average molecular weight is 488 g/mol. The van der Waals surface area contributed by atoms with Gasteiger partial charge in [-0.25, -0.2) is 0 Å². The van der Waals surface area contributed by atoms with Gasteiger partial charge in [0.2, 0.25) is 29.5 Å². The first-order valence-electron chi connectivity index (χ1n) is 11.9. The van der Waals surface area contributed by atoms with E-state index in [1.54, 1.807) is 19.1 Å². The van der Waals surface area contributed by atoms with E-state index in [1.807, 2.05) is 0 Å². The van der Waals surface area contributed by atoms with Crippen LogP contribution in [0.25, 0.3) is 0 Å². The predicted molar refractivity (Wildman–Crippen MR) is 126 cm³/mol. The lowest BCUT2D eigenvalue weighted by molar-refractivity contribution is -0.142. The van der Waals surface area contributed by atoms with Crippen molar-refractivity contribution < 1.29 is 29.1 Å². The molecule has 0 unspecified atom stereocenters.